The van der Waals surface area contributed by atoms with Gasteiger partial charge >= 0.3 is 0 Å². The third-order valence-electron chi connectivity index (χ3n) is 1.73. The van der Waals surface area contributed by atoms with Crippen molar-refractivity contribution >= 4 is 0 Å². The minimum Gasteiger partial charge on any atom is -0.464 e. The van der Waals surface area contributed by atoms with Crippen LogP contribution in [0.4, 0.5) is 0 Å². The van der Waals surface area contributed by atoms with E-state index >= 15 is 0 Å². The standard InChI is InChI=1S/C9H8O2/c10-6-8-4-3-7-2-1-5-11-9(7)8/h1-5,10H,6H2. The second-order valence-electron chi connectivity index (χ2n) is 2.41. The first-order chi connectivity index (χ1) is 5.42. The molecule has 0 spiro atoms. The van der Waals surface area contributed by atoms with E-state index in [4.69, 9.17) is 9.52 Å². The lowest BCUT2D eigenvalue weighted by Crippen LogP contribution is -1.81. The van der Waals surface area contributed by atoms with Gasteiger partial charge in [-0.05, 0) is 12.1 Å². The SMILES string of the molecule is OCc1ccc2cccoc1-2. The highest BCUT2D eigenvalue weighted by Gasteiger charge is 2.08. The molecule has 2 nitrogen and oxygen atoms in total. The molecule has 0 bridgehead atoms. The first kappa shape index (κ1) is 6.43. The van der Waals surface area contributed by atoms with Gasteiger partial charge in [0.2, 0.25) is 0 Å². The normalized spacial score (nSPS) is 10.6. The molecule has 1 aliphatic heterocycles. The van der Waals surface area contributed by atoms with Crippen LogP contribution in [0.25, 0.3) is 11.3 Å². The van der Waals surface area contributed by atoms with Crippen LogP contribution in [0.3, 0.4) is 0 Å². The van der Waals surface area contributed by atoms with Gasteiger partial charge in [-0.1, -0.05) is 12.1 Å². The third-order valence-corrected chi connectivity index (χ3v) is 1.73. The molecule has 0 saturated heterocycles. The van der Waals surface area contributed by atoms with Crippen LogP contribution < -0.4 is 0 Å². The largest absolute Gasteiger partial charge is 0.464 e. The van der Waals surface area contributed by atoms with Gasteiger partial charge in [-0.2, -0.15) is 0 Å². The van der Waals surface area contributed by atoms with Crippen molar-refractivity contribution in [3.8, 4) is 11.3 Å². The van der Waals surface area contributed by atoms with E-state index < -0.39 is 0 Å². The molecule has 0 aromatic carbocycles. The highest BCUT2D eigenvalue weighted by Crippen LogP contribution is 2.26. The van der Waals surface area contributed by atoms with E-state index in [1.165, 1.54) is 0 Å². The van der Waals surface area contributed by atoms with Gasteiger partial charge < -0.3 is 9.52 Å². The van der Waals surface area contributed by atoms with E-state index in [-0.39, 0.29) is 6.61 Å². The average molecular weight is 148 g/mol. The molecule has 1 heterocycles. The zero-order chi connectivity index (χ0) is 7.68. The van der Waals surface area contributed by atoms with Crippen molar-refractivity contribution in [2.75, 3.05) is 0 Å². The topological polar surface area (TPSA) is 33.4 Å². The Morgan fingerprint density at radius 2 is 2.18 bits per heavy atom. The molecule has 0 amide bonds. The summed E-state index contributed by atoms with van der Waals surface area (Å²) in [4.78, 5) is 0. The molecule has 0 aromatic heterocycles. The first-order valence-electron chi connectivity index (χ1n) is 3.48. The number of fused-ring (bicyclic) bond motifs is 1. The summed E-state index contributed by atoms with van der Waals surface area (Å²) in [5.41, 5.74) is 1.89. The molecule has 2 heteroatoms. The summed E-state index contributed by atoms with van der Waals surface area (Å²) in [6.45, 7) is 0.0387. The van der Waals surface area contributed by atoms with Crippen molar-refractivity contribution in [2.24, 2.45) is 0 Å². The van der Waals surface area contributed by atoms with Crippen molar-refractivity contribution < 1.29 is 9.52 Å². The van der Waals surface area contributed by atoms with Gasteiger partial charge in [0.15, 0.2) is 0 Å². The van der Waals surface area contributed by atoms with Crippen LogP contribution in [-0.4, -0.2) is 5.11 Å². The van der Waals surface area contributed by atoms with Crippen LogP contribution in [0.1, 0.15) is 5.56 Å². The Kier molecular flexibility index (Phi) is 1.40. The van der Waals surface area contributed by atoms with Gasteiger partial charge in [0.25, 0.3) is 0 Å². The maximum Gasteiger partial charge on any atom is 0.139 e. The number of rotatable bonds is 1. The Balaban J connectivity index is 2.64. The van der Waals surface area contributed by atoms with Crippen LogP contribution >= 0.6 is 0 Å². The third kappa shape index (κ3) is 0.917. The minimum atomic E-state index is 0.0387. The van der Waals surface area contributed by atoms with Crippen LogP contribution in [0.5, 0.6) is 0 Å². The molecular formula is C9H8O2. The molecular weight excluding hydrogens is 140 g/mol. The van der Waals surface area contributed by atoms with E-state index in [0.29, 0.717) is 0 Å². The zero-order valence-electron chi connectivity index (χ0n) is 5.95. The maximum atomic E-state index is 8.86. The molecule has 1 N–H and O–H groups in total. The Labute approximate surface area is 64.4 Å². The molecule has 0 fully saturated rings. The predicted octanol–water partition coefficient (Wildman–Crippen LogP) is 1.88. The highest BCUT2D eigenvalue weighted by molar-refractivity contribution is 5.64. The maximum absolute atomic E-state index is 8.86. The lowest BCUT2D eigenvalue weighted by Gasteiger charge is -1.97. The average Bonchev–Trinajstić information content (AvgIpc) is 2.47. The minimum absolute atomic E-state index is 0.0387. The second-order valence-corrected chi connectivity index (χ2v) is 2.41. The van der Waals surface area contributed by atoms with Crippen LogP contribution in [0, 0.1) is 0 Å². The van der Waals surface area contributed by atoms with Gasteiger partial charge in [-0.25, -0.2) is 0 Å². The van der Waals surface area contributed by atoms with E-state index in [0.717, 1.165) is 16.9 Å². The summed E-state index contributed by atoms with van der Waals surface area (Å²) < 4.78 is 5.21. The molecule has 2 rings (SSSR count). The molecule has 0 unspecified atom stereocenters. The molecule has 0 atom stereocenters. The summed E-state index contributed by atoms with van der Waals surface area (Å²) in [7, 11) is 0. The molecule has 56 valence electrons. The molecule has 1 aliphatic carbocycles. The second kappa shape index (κ2) is 2.40. The Hall–Kier alpha value is -1.28. The van der Waals surface area contributed by atoms with Gasteiger partial charge in [0.1, 0.15) is 5.76 Å². The van der Waals surface area contributed by atoms with Crippen LogP contribution in [-0.2, 0) is 6.61 Å². The summed E-state index contributed by atoms with van der Waals surface area (Å²) in [6.07, 6.45) is 1.61. The number of hydrogen-bond acceptors (Lipinski definition) is 2. The number of aliphatic hydroxyl groups is 1. The van der Waals surface area contributed by atoms with Crippen molar-refractivity contribution in [3.05, 3.63) is 36.1 Å². The molecule has 0 saturated carbocycles. The molecule has 2 aliphatic rings. The molecule has 0 aromatic rings. The Morgan fingerprint density at radius 1 is 1.27 bits per heavy atom. The fourth-order valence-corrected chi connectivity index (χ4v) is 1.18. The van der Waals surface area contributed by atoms with E-state index in [1.54, 1.807) is 6.26 Å². The van der Waals surface area contributed by atoms with Crippen LogP contribution in [0.15, 0.2) is 34.9 Å². The van der Waals surface area contributed by atoms with Gasteiger partial charge in [-0.3, -0.25) is 0 Å². The smallest absolute Gasteiger partial charge is 0.139 e. The lowest BCUT2D eigenvalue weighted by atomic mass is 10.2. The van der Waals surface area contributed by atoms with E-state index in [2.05, 4.69) is 0 Å². The highest BCUT2D eigenvalue weighted by atomic mass is 16.3. The van der Waals surface area contributed by atoms with Crippen molar-refractivity contribution in [2.45, 2.75) is 6.61 Å². The van der Waals surface area contributed by atoms with Gasteiger partial charge in [-0.15, -0.1) is 0 Å². The van der Waals surface area contributed by atoms with Crippen molar-refractivity contribution in [3.63, 3.8) is 0 Å². The summed E-state index contributed by atoms with van der Waals surface area (Å²) in [5, 5.41) is 8.86. The van der Waals surface area contributed by atoms with Crippen LogP contribution in [0.2, 0.25) is 0 Å². The van der Waals surface area contributed by atoms with E-state index in [1.807, 2.05) is 24.3 Å². The number of aliphatic hydroxyl groups excluding tert-OH is 1. The van der Waals surface area contributed by atoms with Crippen molar-refractivity contribution in [1.29, 1.82) is 0 Å². The Bertz CT molecular complexity index is 324. The first-order valence-corrected chi connectivity index (χ1v) is 3.48. The number of hydrogen-bond donors (Lipinski definition) is 1. The predicted molar refractivity (Wildman–Crippen MR) is 41.3 cm³/mol. The zero-order valence-corrected chi connectivity index (χ0v) is 5.95. The van der Waals surface area contributed by atoms with Crippen molar-refractivity contribution in [1.82, 2.24) is 0 Å². The quantitative estimate of drug-likeness (QED) is 0.669. The summed E-state index contributed by atoms with van der Waals surface area (Å²) >= 11 is 0. The fourth-order valence-electron chi connectivity index (χ4n) is 1.18. The summed E-state index contributed by atoms with van der Waals surface area (Å²) in [5.74, 6) is 0.787. The molecule has 11 heavy (non-hydrogen) atoms. The lowest BCUT2D eigenvalue weighted by molar-refractivity contribution is 0.280. The van der Waals surface area contributed by atoms with Gasteiger partial charge in [0.05, 0.1) is 12.9 Å². The summed E-state index contributed by atoms with van der Waals surface area (Å²) in [6, 6.07) is 7.60. The van der Waals surface area contributed by atoms with Gasteiger partial charge in [0, 0.05) is 11.1 Å². The van der Waals surface area contributed by atoms with E-state index in [9.17, 15) is 0 Å². The Morgan fingerprint density at radius 3 is 3.00 bits per heavy atom. The monoisotopic (exact) mass is 148 g/mol. The molecule has 0 radical (unpaired) electrons. The fraction of sp³-hybridized carbons (Fsp3) is 0.111.